The summed E-state index contributed by atoms with van der Waals surface area (Å²) in [5, 5.41) is 18.5. The Kier molecular flexibility index (Phi) is 20.8. The van der Waals surface area contributed by atoms with Gasteiger partial charge in [-0.15, -0.1) is 0 Å². The van der Waals surface area contributed by atoms with Crippen molar-refractivity contribution in [3.63, 3.8) is 0 Å². The lowest BCUT2D eigenvalue weighted by atomic mass is 10.0. The number of unbranched alkanes of at least 4 members (excludes halogenated alkanes) is 14. The molecule has 0 bridgehead atoms. The van der Waals surface area contributed by atoms with Crippen molar-refractivity contribution in [1.29, 1.82) is 0 Å². The number of allylic oxidation sites excluding steroid dienone is 1. The highest BCUT2D eigenvalue weighted by molar-refractivity contribution is 5.66. The van der Waals surface area contributed by atoms with E-state index >= 15 is 0 Å². The number of hydrogen-bond donors (Lipinski definition) is 2. The maximum absolute atomic E-state index is 10.4. The predicted octanol–water partition coefficient (Wildman–Crippen LogP) is 7.42. The second-order valence-corrected chi connectivity index (χ2v) is 8.03. The fourth-order valence-corrected chi connectivity index (χ4v) is 3.43. The van der Waals surface area contributed by atoms with Gasteiger partial charge in [0.15, 0.2) is 0 Å². The lowest BCUT2D eigenvalue weighted by Gasteiger charge is -2.07. The molecular weight excluding hydrogens is 336 g/mol. The molecule has 3 nitrogen and oxygen atoms in total. The van der Waals surface area contributed by atoms with Gasteiger partial charge in [-0.2, -0.15) is 0 Å². The summed E-state index contributed by atoms with van der Waals surface area (Å²) >= 11 is 0. The Morgan fingerprint density at radius 3 is 1.78 bits per heavy atom. The van der Waals surface area contributed by atoms with E-state index in [1.54, 1.807) is 0 Å². The Bertz CT molecular complexity index is 339. The van der Waals surface area contributed by atoms with Gasteiger partial charge in [0.05, 0.1) is 6.10 Å². The smallest absolute Gasteiger partial charge is 0.303 e. The van der Waals surface area contributed by atoms with Crippen LogP contribution in [0.2, 0.25) is 0 Å². The monoisotopic (exact) mass is 382 g/mol. The second-order valence-electron chi connectivity index (χ2n) is 8.03. The number of aliphatic hydroxyl groups excluding tert-OH is 1. The van der Waals surface area contributed by atoms with Crippen molar-refractivity contribution in [3.8, 4) is 0 Å². The van der Waals surface area contributed by atoms with E-state index in [9.17, 15) is 9.90 Å². The molecule has 0 radical (unpaired) electrons. The highest BCUT2D eigenvalue weighted by Gasteiger charge is 2.01. The predicted molar refractivity (Wildman–Crippen MR) is 116 cm³/mol. The van der Waals surface area contributed by atoms with Crippen LogP contribution in [0.1, 0.15) is 129 Å². The number of hydrogen-bond acceptors (Lipinski definition) is 2. The standard InChI is InChI=1S/C24H46O3/c1-2-3-4-5-14-17-20-23(25)21-18-15-12-10-8-6-7-9-11-13-16-19-22-24(26)27/h14,17,23,25H,2-13,15-16,18-22H2,1H3,(H,26,27). The van der Waals surface area contributed by atoms with Crippen LogP contribution in [0.25, 0.3) is 0 Å². The number of aliphatic hydroxyl groups is 1. The van der Waals surface area contributed by atoms with Crippen LogP contribution in [0.3, 0.4) is 0 Å². The van der Waals surface area contributed by atoms with E-state index in [4.69, 9.17) is 5.11 Å². The summed E-state index contributed by atoms with van der Waals surface area (Å²) in [6.45, 7) is 2.23. The van der Waals surface area contributed by atoms with E-state index < -0.39 is 5.97 Å². The molecule has 0 spiro atoms. The molecule has 27 heavy (non-hydrogen) atoms. The van der Waals surface area contributed by atoms with E-state index in [1.165, 1.54) is 77.0 Å². The van der Waals surface area contributed by atoms with Crippen LogP contribution < -0.4 is 0 Å². The quantitative estimate of drug-likeness (QED) is 0.160. The van der Waals surface area contributed by atoms with Gasteiger partial charge in [-0.25, -0.2) is 0 Å². The Balaban J connectivity index is 3.18. The van der Waals surface area contributed by atoms with Crippen LogP contribution in [0.4, 0.5) is 0 Å². The SMILES string of the molecule is CCCCCC=CCC(O)CCCCCCCCCCCCCCC(=O)O. The molecule has 0 aromatic rings. The van der Waals surface area contributed by atoms with Crippen molar-refractivity contribution < 1.29 is 15.0 Å². The summed E-state index contributed by atoms with van der Waals surface area (Å²) < 4.78 is 0. The molecule has 3 heteroatoms. The second kappa shape index (κ2) is 21.5. The van der Waals surface area contributed by atoms with Crippen LogP contribution in [0, 0.1) is 0 Å². The molecule has 1 atom stereocenters. The first-order valence-electron chi connectivity index (χ1n) is 11.7. The molecular formula is C24H46O3. The zero-order valence-corrected chi connectivity index (χ0v) is 18.0. The minimum absolute atomic E-state index is 0.150. The first-order chi connectivity index (χ1) is 13.2. The summed E-state index contributed by atoms with van der Waals surface area (Å²) in [6.07, 6.45) is 26.0. The molecule has 0 aromatic carbocycles. The first-order valence-corrected chi connectivity index (χ1v) is 11.7. The third kappa shape index (κ3) is 23.1. The number of carbonyl (C=O) groups is 1. The molecule has 0 saturated carbocycles. The molecule has 160 valence electrons. The topological polar surface area (TPSA) is 57.5 Å². The number of aliphatic carboxylic acids is 1. The summed E-state index contributed by atoms with van der Waals surface area (Å²) in [4.78, 5) is 10.4. The molecule has 0 rings (SSSR count). The van der Waals surface area contributed by atoms with E-state index in [2.05, 4.69) is 19.1 Å². The van der Waals surface area contributed by atoms with E-state index in [0.29, 0.717) is 6.42 Å². The highest BCUT2D eigenvalue weighted by atomic mass is 16.4. The normalized spacial score (nSPS) is 12.7. The van der Waals surface area contributed by atoms with Crippen LogP contribution in [-0.2, 0) is 4.79 Å². The largest absolute Gasteiger partial charge is 0.481 e. The van der Waals surface area contributed by atoms with E-state index in [1.807, 2.05) is 0 Å². The molecule has 0 aromatic heterocycles. The molecule has 0 aliphatic rings. The maximum atomic E-state index is 10.4. The molecule has 0 saturated heterocycles. The van der Waals surface area contributed by atoms with E-state index in [-0.39, 0.29) is 6.10 Å². The van der Waals surface area contributed by atoms with Crippen molar-refractivity contribution >= 4 is 5.97 Å². The minimum atomic E-state index is -0.667. The summed E-state index contributed by atoms with van der Waals surface area (Å²) in [7, 11) is 0. The van der Waals surface area contributed by atoms with Gasteiger partial charge in [-0.3, -0.25) is 4.79 Å². The average Bonchev–Trinajstić information content (AvgIpc) is 2.64. The highest BCUT2D eigenvalue weighted by Crippen LogP contribution is 2.14. The van der Waals surface area contributed by atoms with Gasteiger partial charge in [-0.1, -0.05) is 103 Å². The zero-order chi connectivity index (χ0) is 20.0. The van der Waals surface area contributed by atoms with E-state index in [0.717, 1.165) is 38.5 Å². The minimum Gasteiger partial charge on any atom is -0.481 e. The molecule has 0 heterocycles. The van der Waals surface area contributed by atoms with Crippen molar-refractivity contribution in [1.82, 2.24) is 0 Å². The molecule has 0 amide bonds. The number of rotatable bonds is 21. The van der Waals surface area contributed by atoms with Crippen LogP contribution in [0.15, 0.2) is 12.2 Å². The average molecular weight is 383 g/mol. The van der Waals surface area contributed by atoms with Crippen molar-refractivity contribution in [2.45, 2.75) is 135 Å². The van der Waals surface area contributed by atoms with Crippen molar-refractivity contribution in [2.75, 3.05) is 0 Å². The Morgan fingerprint density at radius 1 is 0.741 bits per heavy atom. The van der Waals surface area contributed by atoms with Gasteiger partial charge in [0.25, 0.3) is 0 Å². The van der Waals surface area contributed by atoms with Gasteiger partial charge in [0, 0.05) is 6.42 Å². The van der Waals surface area contributed by atoms with Gasteiger partial charge in [0.2, 0.25) is 0 Å². The van der Waals surface area contributed by atoms with Crippen molar-refractivity contribution in [3.05, 3.63) is 12.2 Å². The molecule has 2 N–H and O–H groups in total. The summed E-state index contributed by atoms with van der Waals surface area (Å²) in [5.41, 5.74) is 0. The summed E-state index contributed by atoms with van der Waals surface area (Å²) in [5.74, 6) is -0.667. The van der Waals surface area contributed by atoms with Crippen LogP contribution in [-0.4, -0.2) is 22.3 Å². The third-order valence-corrected chi connectivity index (χ3v) is 5.23. The molecule has 0 aliphatic heterocycles. The van der Waals surface area contributed by atoms with Gasteiger partial charge < -0.3 is 10.2 Å². The zero-order valence-electron chi connectivity index (χ0n) is 18.0. The molecule has 0 aliphatic carbocycles. The van der Waals surface area contributed by atoms with Crippen LogP contribution in [0.5, 0.6) is 0 Å². The first kappa shape index (κ1) is 26.2. The Morgan fingerprint density at radius 2 is 1.26 bits per heavy atom. The van der Waals surface area contributed by atoms with Gasteiger partial charge in [0.1, 0.15) is 0 Å². The maximum Gasteiger partial charge on any atom is 0.303 e. The summed E-state index contributed by atoms with van der Waals surface area (Å²) in [6, 6.07) is 0. The molecule has 0 fully saturated rings. The fraction of sp³-hybridized carbons (Fsp3) is 0.875. The van der Waals surface area contributed by atoms with Gasteiger partial charge in [-0.05, 0) is 32.1 Å². The Hall–Kier alpha value is -0.830. The Labute approximate surface area is 168 Å². The lowest BCUT2D eigenvalue weighted by Crippen LogP contribution is -2.04. The number of carboxylic acids is 1. The van der Waals surface area contributed by atoms with Crippen molar-refractivity contribution in [2.24, 2.45) is 0 Å². The lowest BCUT2D eigenvalue weighted by molar-refractivity contribution is -0.137. The number of carboxylic acid groups (broad SMARTS) is 1. The fourth-order valence-electron chi connectivity index (χ4n) is 3.43. The van der Waals surface area contributed by atoms with Crippen LogP contribution >= 0.6 is 0 Å². The molecule has 1 unspecified atom stereocenters. The van der Waals surface area contributed by atoms with Gasteiger partial charge >= 0.3 is 5.97 Å². The third-order valence-electron chi connectivity index (χ3n) is 5.23.